The number of phenolic OH excluding ortho intramolecular Hbond substituents is 1. The van der Waals surface area contributed by atoms with Gasteiger partial charge in [-0.05, 0) is 31.0 Å². The van der Waals surface area contributed by atoms with Gasteiger partial charge in [0.1, 0.15) is 0 Å². The number of rotatable bonds is 4. The van der Waals surface area contributed by atoms with Gasteiger partial charge in [-0.2, -0.15) is 0 Å². The van der Waals surface area contributed by atoms with E-state index in [1.807, 2.05) is 0 Å². The molecule has 21 heavy (non-hydrogen) atoms. The summed E-state index contributed by atoms with van der Waals surface area (Å²) < 4.78 is 4.92. The summed E-state index contributed by atoms with van der Waals surface area (Å²) in [5, 5.41) is 21.6. The van der Waals surface area contributed by atoms with E-state index in [2.05, 4.69) is 5.32 Å². The Labute approximate surface area is 122 Å². The highest BCUT2D eigenvalue weighted by Gasteiger charge is 2.32. The lowest BCUT2D eigenvalue weighted by molar-refractivity contribution is -0.143. The molecule has 0 saturated heterocycles. The average Bonchev–Trinajstić information content (AvgIpc) is 2.47. The van der Waals surface area contributed by atoms with E-state index in [1.165, 1.54) is 25.3 Å². The smallest absolute Gasteiger partial charge is 0.308 e. The molecule has 1 aromatic carbocycles. The Morgan fingerprint density at radius 2 is 2.00 bits per heavy atom. The van der Waals surface area contributed by atoms with Crippen LogP contribution < -0.4 is 10.1 Å². The van der Waals surface area contributed by atoms with Gasteiger partial charge in [-0.1, -0.05) is 12.8 Å². The number of phenols is 1. The maximum atomic E-state index is 12.2. The Kier molecular flexibility index (Phi) is 4.67. The van der Waals surface area contributed by atoms with Crippen LogP contribution in [0.3, 0.4) is 0 Å². The fourth-order valence-electron chi connectivity index (χ4n) is 2.68. The number of hydrogen-bond donors (Lipinski definition) is 3. The summed E-state index contributed by atoms with van der Waals surface area (Å²) in [4.78, 5) is 23.4. The number of carbonyl (C=O) groups excluding carboxylic acids is 1. The molecule has 1 aliphatic carbocycles. The molecule has 1 aromatic rings. The predicted octanol–water partition coefficient (Wildman–Crippen LogP) is 1.77. The lowest BCUT2D eigenvalue weighted by Gasteiger charge is -2.29. The number of ether oxygens (including phenoxy) is 1. The number of nitrogens with one attached hydrogen (secondary N) is 1. The third kappa shape index (κ3) is 3.45. The molecule has 0 aromatic heterocycles. The first-order chi connectivity index (χ1) is 10.0. The molecule has 2 rings (SSSR count). The highest BCUT2D eigenvalue weighted by atomic mass is 16.5. The van der Waals surface area contributed by atoms with E-state index in [0.717, 1.165) is 12.8 Å². The van der Waals surface area contributed by atoms with Crippen LogP contribution in [0.2, 0.25) is 0 Å². The molecule has 6 heteroatoms. The van der Waals surface area contributed by atoms with Crippen LogP contribution in [0.15, 0.2) is 18.2 Å². The maximum absolute atomic E-state index is 12.2. The zero-order valence-corrected chi connectivity index (χ0v) is 11.8. The van der Waals surface area contributed by atoms with Gasteiger partial charge < -0.3 is 20.3 Å². The highest BCUT2D eigenvalue weighted by molar-refractivity contribution is 5.95. The molecule has 0 bridgehead atoms. The minimum Gasteiger partial charge on any atom is -0.504 e. The van der Waals surface area contributed by atoms with Gasteiger partial charge in [0.2, 0.25) is 0 Å². The van der Waals surface area contributed by atoms with Crippen molar-refractivity contribution >= 4 is 11.9 Å². The van der Waals surface area contributed by atoms with Crippen molar-refractivity contribution in [2.24, 2.45) is 5.92 Å². The lowest BCUT2D eigenvalue weighted by atomic mass is 9.84. The average molecular weight is 293 g/mol. The summed E-state index contributed by atoms with van der Waals surface area (Å²) in [6.07, 6.45) is 3.01. The molecule has 6 nitrogen and oxygen atoms in total. The second-order valence-corrected chi connectivity index (χ2v) is 5.20. The summed E-state index contributed by atoms with van der Waals surface area (Å²) >= 11 is 0. The van der Waals surface area contributed by atoms with E-state index < -0.39 is 11.9 Å². The summed E-state index contributed by atoms with van der Waals surface area (Å²) in [5.41, 5.74) is 0.281. The number of benzene rings is 1. The first-order valence-electron chi connectivity index (χ1n) is 6.93. The SMILES string of the molecule is COc1ccc(C(=O)NC2CCCCC2C(=O)O)cc1O. The standard InChI is InChI=1S/C15H19NO5/c1-21-13-7-6-9(8-12(13)17)14(18)16-11-5-3-2-4-10(11)15(19)20/h6-8,10-11,17H,2-5H2,1H3,(H,16,18)(H,19,20). The van der Waals surface area contributed by atoms with E-state index >= 15 is 0 Å². The van der Waals surface area contributed by atoms with Gasteiger partial charge in [0.05, 0.1) is 13.0 Å². The number of carboxylic acid groups (broad SMARTS) is 1. The maximum Gasteiger partial charge on any atom is 0.308 e. The molecule has 2 atom stereocenters. The second-order valence-electron chi connectivity index (χ2n) is 5.20. The van der Waals surface area contributed by atoms with E-state index in [-0.39, 0.29) is 29.0 Å². The molecule has 0 heterocycles. The fourth-order valence-corrected chi connectivity index (χ4v) is 2.68. The normalized spacial score (nSPS) is 21.6. The van der Waals surface area contributed by atoms with E-state index in [4.69, 9.17) is 4.74 Å². The summed E-state index contributed by atoms with van der Waals surface area (Å²) in [6, 6.07) is 3.98. The highest BCUT2D eigenvalue weighted by Crippen LogP contribution is 2.27. The first-order valence-corrected chi connectivity index (χ1v) is 6.93. The zero-order valence-electron chi connectivity index (χ0n) is 11.8. The summed E-state index contributed by atoms with van der Waals surface area (Å²) in [5.74, 6) is -1.64. The minimum absolute atomic E-state index is 0.122. The molecule has 1 saturated carbocycles. The van der Waals surface area contributed by atoms with Crippen LogP contribution in [0.25, 0.3) is 0 Å². The third-order valence-corrected chi connectivity index (χ3v) is 3.84. The van der Waals surface area contributed by atoms with Gasteiger partial charge >= 0.3 is 5.97 Å². The van der Waals surface area contributed by atoms with Gasteiger partial charge in [0, 0.05) is 11.6 Å². The van der Waals surface area contributed by atoms with Crippen molar-refractivity contribution in [3.8, 4) is 11.5 Å². The van der Waals surface area contributed by atoms with Crippen molar-refractivity contribution < 1.29 is 24.5 Å². The molecular weight excluding hydrogens is 274 g/mol. The Morgan fingerprint density at radius 1 is 1.29 bits per heavy atom. The van der Waals surface area contributed by atoms with Gasteiger partial charge in [-0.15, -0.1) is 0 Å². The molecule has 1 fully saturated rings. The van der Waals surface area contributed by atoms with Crippen molar-refractivity contribution in [3.05, 3.63) is 23.8 Å². The second kappa shape index (κ2) is 6.47. The molecule has 0 radical (unpaired) electrons. The predicted molar refractivity (Wildman–Crippen MR) is 75.5 cm³/mol. The van der Waals surface area contributed by atoms with Crippen molar-refractivity contribution in [1.82, 2.24) is 5.32 Å². The number of hydrogen-bond acceptors (Lipinski definition) is 4. The van der Waals surface area contributed by atoms with Crippen molar-refractivity contribution in [1.29, 1.82) is 0 Å². The largest absolute Gasteiger partial charge is 0.504 e. The molecule has 1 amide bonds. The Balaban J connectivity index is 2.09. The number of carbonyl (C=O) groups is 2. The number of amides is 1. The Hall–Kier alpha value is -2.24. The van der Waals surface area contributed by atoms with E-state index in [0.29, 0.717) is 12.8 Å². The number of carboxylic acids is 1. The van der Waals surface area contributed by atoms with Crippen LogP contribution in [-0.4, -0.2) is 35.2 Å². The van der Waals surface area contributed by atoms with Crippen molar-refractivity contribution in [2.75, 3.05) is 7.11 Å². The van der Waals surface area contributed by atoms with Crippen molar-refractivity contribution in [3.63, 3.8) is 0 Å². The lowest BCUT2D eigenvalue weighted by Crippen LogP contribution is -2.45. The molecule has 0 spiro atoms. The first kappa shape index (κ1) is 15.2. The fraction of sp³-hybridized carbons (Fsp3) is 0.467. The third-order valence-electron chi connectivity index (χ3n) is 3.84. The molecule has 0 aliphatic heterocycles. The van der Waals surface area contributed by atoms with Crippen LogP contribution in [0.4, 0.5) is 0 Å². The topological polar surface area (TPSA) is 95.9 Å². The molecular formula is C15H19NO5. The summed E-state index contributed by atoms with van der Waals surface area (Å²) in [6.45, 7) is 0. The van der Waals surface area contributed by atoms with Gasteiger partial charge in [0.25, 0.3) is 5.91 Å². The minimum atomic E-state index is -0.877. The van der Waals surface area contributed by atoms with Gasteiger partial charge in [0.15, 0.2) is 11.5 Å². The van der Waals surface area contributed by atoms with Crippen LogP contribution in [-0.2, 0) is 4.79 Å². The zero-order chi connectivity index (χ0) is 15.4. The summed E-state index contributed by atoms with van der Waals surface area (Å²) in [7, 11) is 1.42. The molecule has 2 unspecified atom stereocenters. The number of methoxy groups -OCH3 is 1. The van der Waals surface area contributed by atoms with Crippen LogP contribution >= 0.6 is 0 Å². The van der Waals surface area contributed by atoms with Gasteiger partial charge in [-0.25, -0.2) is 0 Å². The van der Waals surface area contributed by atoms with E-state index in [1.54, 1.807) is 0 Å². The molecule has 114 valence electrons. The Morgan fingerprint density at radius 3 is 2.62 bits per heavy atom. The van der Waals surface area contributed by atoms with Gasteiger partial charge in [-0.3, -0.25) is 9.59 Å². The Bertz CT molecular complexity index is 543. The number of aromatic hydroxyl groups is 1. The quantitative estimate of drug-likeness (QED) is 0.786. The van der Waals surface area contributed by atoms with Crippen LogP contribution in [0.5, 0.6) is 11.5 Å². The molecule has 3 N–H and O–H groups in total. The van der Waals surface area contributed by atoms with Crippen LogP contribution in [0, 0.1) is 5.92 Å². The monoisotopic (exact) mass is 293 g/mol. The van der Waals surface area contributed by atoms with Crippen LogP contribution in [0.1, 0.15) is 36.0 Å². The van der Waals surface area contributed by atoms with Crippen molar-refractivity contribution in [2.45, 2.75) is 31.7 Å². The molecule has 1 aliphatic rings. The number of aliphatic carboxylic acids is 1. The van der Waals surface area contributed by atoms with E-state index in [9.17, 15) is 19.8 Å².